The molecule has 11 nitrogen and oxygen atoms in total. The van der Waals surface area contributed by atoms with Gasteiger partial charge in [0.1, 0.15) is 5.70 Å². The van der Waals surface area contributed by atoms with Crippen LogP contribution in [0.1, 0.15) is 18.1 Å². The van der Waals surface area contributed by atoms with Crippen molar-refractivity contribution in [3.8, 4) is 11.5 Å². The van der Waals surface area contributed by atoms with Crippen LogP contribution >= 0.6 is 0 Å². The number of benzene rings is 2. The van der Waals surface area contributed by atoms with Gasteiger partial charge < -0.3 is 19.9 Å². The fourth-order valence-corrected chi connectivity index (χ4v) is 2.90. The van der Waals surface area contributed by atoms with Crippen LogP contribution in [0.15, 0.2) is 48.2 Å². The zero-order valence-corrected chi connectivity index (χ0v) is 17.1. The maximum Gasteiger partial charge on any atom is 0.344 e. The molecule has 1 fully saturated rings. The molecule has 1 aliphatic heterocycles. The lowest BCUT2D eigenvalue weighted by Crippen LogP contribution is -2.30. The molecule has 0 radical (unpaired) electrons. The van der Waals surface area contributed by atoms with Gasteiger partial charge in [0.2, 0.25) is 0 Å². The average Bonchev–Trinajstić information content (AvgIpc) is 3.02. The maximum atomic E-state index is 12.7. The highest BCUT2D eigenvalue weighted by Gasteiger charge is 2.33. The first-order valence-corrected chi connectivity index (χ1v) is 9.35. The summed E-state index contributed by atoms with van der Waals surface area (Å²) in [7, 11) is 1.39. The summed E-state index contributed by atoms with van der Waals surface area (Å²) in [5, 5.41) is 22.2. The molecule has 1 atom stereocenters. The normalized spacial score (nSPS) is 15.4. The topological polar surface area (TPSA) is 148 Å². The number of aliphatic carboxylic acids is 1. The summed E-state index contributed by atoms with van der Waals surface area (Å²) < 4.78 is 10.6. The van der Waals surface area contributed by atoms with E-state index in [2.05, 4.69) is 5.32 Å². The molecule has 0 saturated carbocycles. The molecule has 0 bridgehead atoms. The predicted molar refractivity (Wildman–Crippen MR) is 111 cm³/mol. The van der Waals surface area contributed by atoms with E-state index in [4.69, 9.17) is 14.6 Å². The molecule has 2 aromatic carbocycles. The number of hydrogen-bond donors (Lipinski definition) is 2. The Morgan fingerprint density at radius 1 is 1.22 bits per heavy atom. The number of nitrogens with zero attached hydrogens (tertiary/aromatic N) is 2. The third-order valence-corrected chi connectivity index (χ3v) is 4.60. The van der Waals surface area contributed by atoms with E-state index in [1.165, 1.54) is 56.5 Å². The fourth-order valence-electron chi connectivity index (χ4n) is 2.90. The third-order valence-electron chi connectivity index (χ3n) is 4.60. The Hall–Kier alpha value is -4.41. The number of nitro groups is 1. The number of rotatable bonds is 8. The number of carbonyl (C=O) groups excluding carboxylic acids is 2. The smallest absolute Gasteiger partial charge is 0.344 e. The highest BCUT2D eigenvalue weighted by Crippen LogP contribution is 2.30. The number of urea groups is 1. The molecule has 1 aliphatic rings. The summed E-state index contributed by atoms with van der Waals surface area (Å²) >= 11 is 0. The molecular weight excluding hydrogens is 422 g/mol. The Morgan fingerprint density at radius 3 is 2.50 bits per heavy atom. The van der Waals surface area contributed by atoms with Gasteiger partial charge in [-0.3, -0.25) is 19.8 Å². The van der Waals surface area contributed by atoms with Crippen molar-refractivity contribution in [1.29, 1.82) is 0 Å². The van der Waals surface area contributed by atoms with E-state index in [0.29, 0.717) is 11.1 Å². The number of carbonyl (C=O) groups is 3. The Balaban J connectivity index is 1.77. The number of imide groups is 1. The van der Waals surface area contributed by atoms with Crippen molar-refractivity contribution in [2.75, 3.05) is 7.11 Å². The van der Waals surface area contributed by atoms with Gasteiger partial charge in [0.15, 0.2) is 17.6 Å². The molecule has 11 heteroatoms. The standard InChI is InChI=1S/C21H19N3O8/c1-12(20(26)27)32-17-8-5-14(10-18(17)31-2)9-16-19(25)23(21(28)22-16)11-13-3-6-15(7-4-13)24(29)30/h3-10,12H,11H2,1-2H3,(H,22,28)(H,26,27). The van der Waals surface area contributed by atoms with Gasteiger partial charge in [0.25, 0.3) is 11.6 Å². The molecule has 32 heavy (non-hydrogen) atoms. The Morgan fingerprint density at radius 2 is 1.91 bits per heavy atom. The van der Waals surface area contributed by atoms with Gasteiger partial charge in [0.05, 0.1) is 18.6 Å². The molecule has 2 N–H and O–H groups in total. The number of methoxy groups -OCH3 is 1. The first kappa shape index (κ1) is 22.3. The molecule has 166 valence electrons. The Bertz CT molecular complexity index is 1110. The Kier molecular flexibility index (Phi) is 6.38. The maximum absolute atomic E-state index is 12.7. The first-order chi connectivity index (χ1) is 15.2. The van der Waals surface area contributed by atoms with Crippen LogP contribution in [0.2, 0.25) is 0 Å². The van der Waals surface area contributed by atoms with E-state index in [9.17, 15) is 24.5 Å². The van der Waals surface area contributed by atoms with E-state index < -0.39 is 28.9 Å². The summed E-state index contributed by atoms with van der Waals surface area (Å²) in [6, 6.07) is 9.54. The summed E-state index contributed by atoms with van der Waals surface area (Å²) in [6.07, 6.45) is 0.361. The van der Waals surface area contributed by atoms with Gasteiger partial charge >= 0.3 is 12.0 Å². The summed E-state index contributed by atoms with van der Waals surface area (Å²) in [5.74, 6) is -1.23. The molecule has 0 aliphatic carbocycles. The van der Waals surface area contributed by atoms with Gasteiger partial charge in [-0.05, 0) is 36.3 Å². The number of amides is 3. The molecule has 1 heterocycles. The lowest BCUT2D eigenvalue weighted by molar-refractivity contribution is -0.384. The average molecular weight is 441 g/mol. The predicted octanol–water partition coefficient (Wildman–Crippen LogP) is 2.55. The molecule has 1 saturated heterocycles. The number of carboxylic acid groups (broad SMARTS) is 1. The summed E-state index contributed by atoms with van der Waals surface area (Å²) in [4.78, 5) is 47.1. The molecule has 2 aromatic rings. The molecule has 3 rings (SSSR count). The second kappa shape index (κ2) is 9.16. The fraction of sp³-hybridized carbons (Fsp3) is 0.190. The number of nitrogens with one attached hydrogen (secondary N) is 1. The van der Waals surface area contributed by atoms with Crippen molar-refractivity contribution in [2.24, 2.45) is 0 Å². The quantitative estimate of drug-likeness (QED) is 0.275. The monoisotopic (exact) mass is 441 g/mol. The van der Waals surface area contributed by atoms with Crippen molar-refractivity contribution in [3.05, 3.63) is 69.4 Å². The van der Waals surface area contributed by atoms with Crippen molar-refractivity contribution in [2.45, 2.75) is 19.6 Å². The number of carboxylic acids is 1. The van der Waals surface area contributed by atoms with Gasteiger partial charge in [-0.2, -0.15) is 0 Å². The van der Waals surface area contributed by atoms with Crippen LogP contribution in [-0.4, -0.2) is 46.1 Å². The summed E-state index contributed by atoms with van der Waals surface area (Å²) in [5.41, 5.74) is 1.01. The minimum atomic E-state index is -1.13. The van der Waals surface area contributed by atoms with E-state index in [0.717, 1.165) is 4.90 Å². The zero-order valence-electron chi connectivity index (χ0n) is 17.1. The van der Waals surface area contributed by atoms with Crippen LogP contribution in [-0.2, 0) is 16.1 Å². The van der Waals surface area contributed by atoms with Crippen LogP contribution in [0.4, 0.5) is 10.5 Å². The van der Waals surface area contributed by atoms with Crippen LogP contribution < -0.4 is 14.8 Å². The molecule has 1 unspecified atom stereocenters. The number of nitro benzene ring substituents is 1. The zero-order chi connectivity index (χ0) is 23.4. The van der Waals surface area contributed by atoms with Crippen molar-refractivity contribution in [1.82, 2.24) is 10.2 Å². The van der Waals surface area contributed by atoms with Crippen LogP contribution in [0, 0.1) is 10.1 Å². The molecular formula is C21H19N3O8. The number of hydrogen-bond acceptors (Lipinski definition) is 7. The minimum absolute atomic E-state index is 0.0338. The minimum Gasteiger partial charge on any atom is -0.493 e. The largest absolute Gasteiger partial charge is 0.493 e. The van der Waals surface area contributed by atoms with Gasteiger partial charge in [-0.1, -0.05) is 18.2 Å². The number of ether oxygens (including phenoxy) is 2. The van der Waals surface area contributed by atoms with Crippen molar-refractivity contribution < 1.29 is 33.9 Å². The van der Waals surface area contributed by atoms with Crippen molar-refractivity contribution >= 4 is 29.7 Å². The summed E-state index contributed by atoms with van der Waals surface area (Å²) in [6.45, 7) is 1.33. The van der Waals surface area contributed by atoms with E-state index in [1.54, 1.807) is 6.07 Å². The van der Waals surface area contributed by atoms with Gasteiger partial charge in [0, 0.05) is 12.1 Å². The van der Waals surface area contributed by atoms with Crippen LogP contribution in [0.3, 0.4) is 0 Å². The SMILES string of the molecule is COc1cc(C=C2NC(=O)N(Cc3ccc([N+](=O)[O-])cc3)C2=O)ccc1OC(C)C(=O)O. The second-order valence-electron chi connectivity index (χ2n) is 6.81. The van der Waals surface area contributed by atoms with E-state index >= 15 is 0 Å². The van der Waals surface area contributed by atoms with Crippen LogP contribution in [0.25, 0.3) is 6.08 Å². The van der Waals surface area contributed by atoms with E-state index in [1.807, 2.05) is 0 Å². The lowest BCUT2D eigenvalue weighted by Gasteiger charge is -2.14. The van der Waals surface area contributed by atoms with Crippen molar-refractivity contribution in [3.63, 3.8) is 0 Å². The van der Waals surface area contributed by atoms with Crippen LogP contribution in [0.5, 0.6) is 11.5 Å². The van der Waals surface area contributed by atoms with E-state index in [-0.39, 0.29) is 29.4 Å². The molecule has 3 amide bonds. The Labute approximate surface area is 182 Å². The van der Waals surface area contributed by atoms with Gasteiger partial charge in [-0.25, -0.2) is 9.59 Å². The number of non-ortho nitro benzene ring substituents is 1. The molecule has 0 spiro atoms. The highest BCUT2D eigenvalue weighted by molar-refractivity contribution is 6.13. The second-order valence-corrected chi connectivity index (χ2v) is 6.81. The lowest BCUT2D eigenvalue weighted by atomic mass is 10.1. The first-order valence-electron chi connectivity index (χ1n) is 9.35. The molecule has 0 aromatic heterocycles. The highest BCUT2D eigenvalue weighted by atomic mass is 16.6. The third kappa shape index (κ3) is 4.83. The van der Waals surface area contributed by atoms with Gasteiger partial charge in [-0.15, -0.1) is 0 Å².